The largest absolute Gasteiger partial charge is 0.511 e. The second-order valence-electron chi connectivity index (χ2n) is 2.76. The predicted molar refractivity (Wildman–Crippen MR) is 58.0 cm³/mol. The van der Waals surface area contributed by atoms with E-state index in [-0.39, 0.29) is 18.0 Å². The van der Waals surface area contributed by atoms with Crippen molar-refractivity contribution in [2.45, 2.75) is 0 Å². The Bertz CT molecular complexity index is 357. The Hall–Kier alpha value is -1.32. The van der Waals surface area contributed by atoms with E-state index in [0.717, 1.165) is 0 Å². The summed E-state index contributed by atoms with van der Waals surface area (Å²) in [5, 5.41) is 17.3. The highest BCUT2D eigenvalue weighted by Crippen LogP contribution is 2.10. The van der Waals surface area contributed by atoms with Crippen LogP contribution in [0.25, 0.3) is 0 Å². The number of hydrogen-bond acceptors (Lipinski definition) is 3. The SMILES string of the molecule is N=C(/C=C(\O)CN)c1ccc(Cl)cc1. The summed E-state index contributed by atoms with van der Waals surface area (Å²) in [6.07, 6.45) is 1.32. The molecule has 0 atom stereocenters. The van der Waals surface area contributed by atoms with Crippen molar-refractivity contribution in [1.82, 2.24) is 0 Å². The predicted octanol–water partition coefficient (Wildman–Crippen LogP) is 2.11. The molecule has 0 radical (unpaired) electrons. The lowest BCUT2D eigenvalue weighted by molar-refractivity contribution is 0.404. The number of rotatable bonds is 3. The molecule has 0 saturated heterocycles. The van der Waals surface area contributed by atoms with Crippen molar-refractivity contribution in [2.75, 3.05) is 6.54 Å². The molecule has 1 aromatic rings. The van der Waals surface area contributed by atoms with Crippen LogP contribution in [0.3, 0.4) is 0 Å². The van der Waals surface area contributed by atoms with E-state index in [0.29, 0.717) is 10.6 Å². The van der Waals surface area contributed by atoms with E-state index < -0.39 is 0 Å². The molecular formula is C10H11ClN2O. The van der Waals surface area contributed by atoms with Crippen molar-refractivity contribution in [3.05, 3.63) is 46.7 Å². The van der Waals surface area contributed by atoms with Gasteiger partial charge in [0, 0.05) is 11.1 Å². The number of aliphatic hydroxyl groups is 1. The molecule has 1 aromatic carbocycles. The van der Waals surface area contributed by atoms with Gasteiger partial charge in [0.15, 0.2) is 0 Å². The lowest BCUT2D eigenvalue weighted by atomic mass is 10.1. The summed E-state index contributed by atoms with van der Waals surface area (Å²) in [7, 11) is 0. The fraction of sp³-hybridized carbons (Fsp3) is 0.100. The number of benzene rings is 1. The van der Waals surface area contributed by atoms with E-state index >= 15 is 0 Å². The third-order valence-corrected chi connectivity index (χ3v) is 1.93. The molecule has 3 nitrogen and oxygen atoms in total. The van der Waals surface area contributed by atoms with E-state index in [4.69, 9.17) is 27.9 Å². The average Bonchev–Trinajstić information content (AvgIpc) is 2.18. The summed E-state index contributed by atoms with van der Waals surface area (Å²) in [6.45, 7) is 0.0377. The molecule has 1 rings (SSSR count). The minimum atomic E-state index is -0.00931. The normalized spacial score (nSPS) is 11.4. The van der Waals surface area contributed by atoms with Crippen molar-refractivity contribution in [2.24, 2.45) is 5.73 Å². The number of hydrogen-bond donors (Lipinski definition) is 3. The number of aliphatic hydroxyl groups excluding tert-OH is 1. The molecule has 0 saturated carbocycles. The number of nitrogens with one attached hydrogen (secondary N) is 1. The van der Waals surface area contributed by atoms with Gasteiger partial charge in [-0.15, -0.1) is 0 Å². The van der Waals surface area contributed by atoms with Crippen LogP contribution >= 0.6 is 11.6 Å². The minimum absolute atomic E-state index is 0.00931. The molecule has 4 heteroatoms. The Morgan fingerprint density at radius 1 is 1.43 bits per heavy atom. The first-order valence-corrected chi connectivity index (χ1v) is 4.45. The van der Waals surface area contributed by atoms with Gasteiger partial charge in [-0.1, -0.05) is 23.7 Å². The van der Waals surface area contributed by atoms with Gasteiger partial charge in [0.05, 0.1) is 12.3 Å². The van der Waals surface area contributed by atoms with Crippen LogP contribution in [0, 0.1) is 5.41 Å². The van der Waals surface area contributed by atoms with Gasteiger partial charge in [-0.2, -0.15) is 0 Å². The van der Waals surface area contributed by atoms with Gasteiger partial charge in [-0.3, -0.25) is 0 Å². The highest BCUT2D eigenvalue weighted by Gasteiger charge is 1.99. The van der Waals surface area contributed by atoms with Crippen molar-refractivity contribution in [3.8, 4) is 0 Å². The van der Waals surface area contributed by atoms with Crippen LogP contribution in [0.2, 0.25) is 5.02 Å². The number of nitrogens with two attached hydrogens (primary N) is 1. The summed E-state index contributed by atoms with van der Waals surface area (Å²) in [5.41, 5.74) is 6.09. The Balaban J connectivity index is 2.85. The van der Waals surface area contributed by atoms with E-state index in [1.54, 1.807) is 24.3 Å². The molecule has 0 fully saturated rings. The zero-order valence-electron chi connectivity index (χ0n) is 7.50. The molecular weight excluding hydrogens is 200 g/mol. The Morgan fingerprint density at radius 2 is 2.00 bits per heavy atom. The van der Waals surface area contributed by atoms with Crippen LogP contribution in [0.1, 0.15) is 5.56 Å². The summed E-state index contributed by atoms with van der Waals surface area (Å²) in [6, 6.07) is 6.81. The lowest BCUT2D eigenvalue weighted by Gasteiger charge is -2.00. The van der Waals surface area contributed by atoms with Crippen molar-refractivity contribution in [1.29, 1.82) is 5.41 Å². The second-order valence-corrected chi connectivity index (χ2v) is 3.20. The first-order valence-electron chi connectivity index (χ1n) is 4.07. The minimum Gasteiger partial charge on any atom is -0.511 e. The second kappa shape index (κ2) is 4.79. The Labute approximate surface area is 87.3 Å². The third-order valence-electron chi connectivity index (χ3n) is 1.68. The van der Waals surface area contributed by atoms with E-state index in [9.17, 15) is 0 Å². The summed E-state index contributed by atoms with van der Waals surface area (Å²) in [5.74, 6) is -0.00931. The summed E-state index contributed by atoms with van der Waals surface area (Å²) < 4.78 is 0. The van der Waals surface area contributed by atoms with Crippen LogP contribution in [-0.2, 0) is 0 Å². The van der Waals surface area contributed by atoms with Crippen LogP contribution in [0.4, 0.5) is 0 Å². The van der Waals surface area contributed by atoms with E-state index in [1.807, 2.05) is 0 Å². The van der Waals surface area contributed by atoms with Gasteiger partial charge in [0.2, 0.25) is 0 Å². The fourth-order valence-corrected chi connectivity index (χ4v) is 1.06. The third kappa shape index (κ3) is 2.87. The van der Waals surface area contributed by atoms with Crippen molar-refractivity contribution < 1.29 is 5.11 Å². The van der Waals surface area contributed by atoms with Gasteiger partial charge in [-0.05, 0) is 17.7 Å². The first kappa shape index (κ1) is 10.8. The van der Waals surface area contributed by atoms with Gasteiger partial charge >= 0.3 is 0 Å². The number of halogens is 1. The van der Waals surface area contributed by atoms with Gasteiger partial charge < -0.3 is 16.2 Å². The van der Waals surface area contributed by atoms with Crippen LogP contribution < -0.4 is 5.73 Å². The molecule has 0 aromatic heterocycles. The molecule has 0 aliphatic carbocycles. The smallest absolute Gasteiger partial charge is 0.108 e. The molecule has 0 unspecified atom stereocenters. The Morgan fingerprint density at radius 3 is 2.50 bits per heavy atom. The van der Waals surface area contributed by atoms with Gasteiger partial charge in [-0.25, -0.2) is 0 Å². The Kier molecular flexibility index (Phi) is 3.68. The van der Waals surface area contributed by atoms with Crippen LogP contribution in [0.5, 0.6) is 0 Å². The highest BCUT2D eigenvalue weighted by atomic mass is 35.5. The maximum Gasteiger partial charge on any atom is 0.108 e. The molecule has 74 valence electrons. The highest BCUT2D eigenvalue weighted by molar-refractivity contribution is 6.30. The monoisotopic (exact) mass is 210 g/mol. The topological polar surface area (TPSA) is 70.1 Å². The first-order chi connectivity index (χ1) is 6.63. The quantitative estimate of drug-likeness (QED) is 0.528. The maximum atomic E-state index is 9.11. The van der Waals surface area contributed by atoms with Gasteiger partial charge in [0.25, 0.3) is 0 Å². The average molecular weight is 211 g/mol. The molecule has 0 aliphatic heterocycles. The fourth-order valence-electron chi connectivity index (χ4n) is 0.938. The van der Waals surface area contributed by atoms with E-state index in [2.05, 4.69) is 0 Å². The maximum absolute atomic E-state index is 9.11. The molecule has 0 aliphatic rings. The zero-order chi connectivity index (χ0) is 10.6. The number of allylic oxidation sites excluding steroid dienone is 1. The van der Waals surface area contributed by atoms with Crippen molar-refractivity contribution in [3.63, 3.8) is 0 Å². The van der Waals surface area contributed by atoms with Crippen LogP contribution in [0.15, 0.2) is 36.1 Å². The molecule has 0 heterocycles. The standard InChI is InChI=1S/C10H11ClN2O/c11-8-3-1-7(2-4-8)10(13)5-9(14)6-12/h1-5,13-14H,6,12H2/b9-5-,13-10?. The molecule has 0 spiro atoms. The summed E-state index contributed by atoms with van der Waals surface area (Å²) >= 11 is 5.69. The van der Waals surface area contributed by atoms with Crippen LogP contribution in [-0.4, -0.2) is 17.4 Å². The zero-order valence-corrected chi connectivity index (χ0v) is 8.25. The van der Waals surface area contributed by atoms with Gasteiger partial charge in [0.1, 0.15) is 5.76 Å². The molecule has 14 heavy (non-hydrogen) atoms. The lowest BCUT2D eigenvalue weighted by Crippen LogP contribution is -2.05. The molecule has 0 amide bonds. The van der Waals surface area contributed by atoms with E-state index in [1.165, 1.54) is 6.08 Å². The summed E-state index contributed by atoms with van der Waals surface area (Å²) in [4.78, 5) is 0. The molecule has 0 bridgehead atoms. The van der Waals surface area contributed by atoms with Crippen molar-refractivity contribution >= 4 is 17.3 Å². The molecule has 4 N–H and O–H groups in total.